The van der Waals surface area contributed by atoms with Crippen LogP contribution in [0.1, 0.15) is 59.7 Å². The lowest BCUT2D eigenvalue weighted by atomic mass is 10.0. The summed E-state index contributed by atoms with van der Waals surface area (Å²) in [6, 6.07) is 8.07. The molecule has 0 spiro atoms. The molecule has 0 saturated heterocycles. The van der Waals surface area contributed by atoms with Gasteiger partial charge in [-0.25, -0.2) is 8.78 Å². The summed E-state index contributed by atoms with van der Waals surface area (Å²) in [6.07, 6.45) is -2.30. The van der Waals surface area contributed by atoms with Gasteiger partial charge in [0.15, 0.2) is 0 Å². The first-order valence-corrected chi connectivity index (χ1v) is 9.89. The molecule has 0 radical (unpaired) electrons. The van der Waals surface area contributed by atoms with E-state index in [1.54, 1.807) is 19.1 Å². The third-order valence-electron chi connectivity index (χ3n) is 4.68. The molecule has 0 fully saturated rings. The minimum Gasteiger partial charge on any atom is -0.487 e. The summed E-state index contributed by atoms with van der Waals surface area (Å²) in [4.78, 5) is 29.1. The predicted octanol–water partition coefficient (Wildman–Crippen LogP) is 4.60. The van der Waals surface area contributed by atoms with Crippen LogP contribution in [0.5, 0.6) is 5.75 Å². The van der Waals surface area contributed by atoms with Crippen LogP contribution < -0.4 is 10.1 Å². The molecule has 1 amide bonds. The summed E-state index contributed by atoms with van der Waals surface area (Å²) in [7, 11) is 0. The number of rotatable bonds is 9. The summed E-state index contributed by atoms with van der Waals surface area (Å²) < 4.78 is 29.7. The number of pyridine rings is 1. The molecule has 0 saturated carbocycles. The van der Waals surface area contributed by atoms with Crippen LogP contribution >= 0.6 is 0 Å². The molecular weight excluding hydrogens is 390 g/mol. The van der Waals surface area contributed by atoms with E-state index in [0.717, 1.165) is 11.3 Å². The number of alkyl halides is 2. The minimum absolute atomic E-state index is 0.0660. The fraction of sp³-hybridized carbons (Fsp3) is 0.435. The van der Waals surface area contributed by atoms with Gasteiger partial charge in [-0.2, -0.15) is 0 Å². The second kappa shape index (κ2) is 10.3. The minimum atomic E-state index is -2.56. The molecule has 30 heavy (non-hydrogen) atoms. The molecule has 0 aliphatic carbocycles. The van der Waals surface area contributed by atoms with E-state index in [9.17, 15) is 18.4 Å². The number of hydrogen-bond acceptors (Lipinski definition) is 4. The Bertz CT molecular complexity index is 913. The number of benzene rings is 1. The highest BCUT2D eigenvalue weighted by atomic mass is 19.3. The number of nitrogens with one attached hydrogen (secondary N) is 1. The van der Waals surface area contributed by atoms with Crippen molar-refractivity contribution in [3.8, 4) is 5.75 Å². The van der Waals surface area contributed by atoms with Gasteiger partial charge in [0.25, 0.3) is 12.3 Å². The van der Waals surface area contributed by atoms with Gasteiger partial charge in [0.2, 0.25) is 0 Å². The molecule has 0 aliphatic heterocycles. The fourth-order valence-corrected chi connectivity index (χ4v) is 2.96. The quantitative estimate of drug-likeness (QED) is 0.646. The lowest BCUT2D eigenvalue weighted by molar-refractivity contribution is -0.121. The van der Waals surface area contributed by atoms with Crippen LogP contribution in [0.3, 0.4) is 0 Å². The van der Waals surface area contributed by atoms with Crippen molar-refractivity contribution in [2.75, 3.05) is 6.61 Å². The molecule has 1 heterocycles. The van der Waals surface area contributed by atoms with Crippen molar-refractivity contribution in [1.29, 1.82) is 0 Å². The molecule has 2 aromatic rings. The molecule has 1 aromatic heterocycles. The van der Waals surface area contributed by atoms with Crippen molar-refractivity contribution in [3.05, 3.63) is 58.4 Å². The van der Waals surface area contributed by atoms with Crippen molar-refractivity contribution in [2.45, 2.75) is 53.5 Å². The zero-order chi connectivity index (χ0) is 22.4. The monoisotopic (exact) mass is 418 g/mol. The molecule has 1 atom stereocenters. The number of Topliss-reactive ketones (excluding diaryl/α,β-unsaturated/α-hetero) is 1. The zero-order valence-corrected chi connectivity index (χ0v) is 18.0. The van der Waals surface area contributed by atoms with Gasteiger partial charge in [-0.05, 0) is 62.2 Å². The largest absolute Gasteiger partial charge is 0.487 e. The topological polar surface area (TPSA) is 68.3 Å². The molecule has 0 aliphatic rings. The van der Waals surface area contributed by atoms with Crippen LogP contribution in [0.25, 0.3) is 0 Å². The highest BCUT2D eigenvalue weighted by molar-refractivity contribution is 5.94. The number of ether oxygens (including phenoxy) is 1. The maximum absolute atomic E-state index is 12.7. The third-order valence-corrected chi connectivity index (χ3v) is 4.68. The van der Waals surface area contributed by atoms with E-state index >= 15 is 0 Å². The van der Waals surface area contributed by atoms with Gasteiger partial charge < -0.3 is 10.1 Å². The number of amides is 1. The molecule has 1 N–H and O–H groups in total. The number of nitrogens with zero attached hydrogens (tertiary/aromatic N) is 1. The van der Waals surface area contributed by atoms with E-state index in [-0.39, 0.29) is 30.1 Å². The van der Waals surface area contributed by atoms with Gasteiger partial charge in [-0.1, -0.05) is 13.8 Å². The molecule has 2 rings (SSSR count). The first-order valence-electron chi connectivity index (χ1n) is 9.89. The number of carbonyl (C=O) groups excluding carboxylic acids is 2. The van der Waals surface area contributed by atoms with Crippen LogP contribution in [0.15, 0.2) is 30.3 Å². The van der Waals surface area contributed by atoms with Crippen molar-refractivity contribution >= 4 is 11.7 Å². The summed E-state index contributed by atoms with van der Waals surface area (Å²) >= 11 is 0. The highest BCUT2D eigenvalue weighted by Crippen LogP contribution is 2.21. The average molecular weight is 418 g/mol. The Morgan fingerprint density at radius 1 is 1.10 bits per heavy atom. The molecule has 5 nitrogen and oxygen atoms in total. The second-order valence-electron chi connectivity index (χ2n) is 7.71. The molecule has 7 heteroatoms. The molecule has 1 unspecified atom stereocenters. The van der Waals surface area contributed by atoms with E-state index in [1.165, 1.54) is 6.07 Å². The van der Waals surface area contributed by atoms with Crippen LogP contribution in [-0.2, 0) is 11.2 Å². The first kappa shape index (κ1) is 23.4. The number of carbonyl (C=O) groups is 2. The summed E-state index contributed by atoms with van der Waals surface area (Å²) in [5, 5.41) is 2.93. The Kier molecular flexibility index (Phi) is 8.03. The summed E-state index contributed by atoms with van der Waals surface area (Å²) in [5.74, 6) is 0.0773. The first-order chi connectivity index (χ1) is 14.1. The van der Waals surface area contributed by atoms with Crippen LogP contribution in [-0.4, -0.2) is 29.7 Å². The number of aromatic nitrogens is 1. The van der Waals surface area contributed by atoms with Gasteiger partial charge in [0.1, 0.15) is 18.1 Å². The van der Waals surface area contributed by atoms with Gasteiger partial charge in [0.05, 0.1) is 6.04 Å². The van der Waals surface area contributed by atoms with Gasteiger partial charge in [-0.15, -0.1) is 0 Å². The van der Waals surface area contributed by atoms with Gasteiger partial charge >= 0.3 is 0 Å². The zero-order valence-electron chi connectivity index (χ0n) is 18.0. The number of ketones is 1. The SMILES string of the molecule is Cc1cc(C(C)NC(=O)c2ccc(OCC(F)F)c(C)c2)cc(CC(=O)C(C)C)n1. The lowest BCUT2D eigenvalue weighted by Crippen LogP contribution is -2.27. The standard InChI is InChI=1S/C23H28F2N2O3/c1-13(2)20(28)11-19-10-18(9-15(4)26-19)16(5)27-23(29)17-6-7-21(14(3)8-17)30-12-22(24)25/h6-10,13,16,22H,11-12H2,1-5H3,(H,27,29). The highest BCUT2D eigenvalue weighted by Gasteiger charge is 2.16. The van der Waals surface area contributed by atoms with Crippen molar-refractivity contribution in [1.82, 2.24) is 10.3 Å². The Morgan fingerprint density at radius 3 is 2.40 bits per heavy atom. The Morgan fingerprint density at radius 2 is 1.80 bits per heavy atom. The van der Waals surface area contributed by atoms with E-state index < -0.39 is 13.0 Å². The van der Waals surface area contributed by atoms with Crippen LogP contribution in [0, 0.1) is 19.8 Å². The van der Waals surface area contributed by atoms with E-state index in [4.69, 9.17) is 4.74 Å². The Balaban J connectivity index is 2.11. The van der Waals surface area contributed by atoms with Crippen molar-refractivity contribution < 1.29 is 23.1 Å². The number of hydrogen-bond donors (Lipinski definition) is 1. The smallest absolute Gasteiger partial charge is 0.272 e. The Labute approximate surface area is 175 Å². The molecule has 162 valence electrons. The second-order valence-corrected chi connectivity index (χ2v) is 7.71. The normalized spacial score (nSPS) is 12.2. The number of aryl methyl sites for hydroxylation is 2. The molecular formula is C23H28F2N2O3. The average Bonchev–Trinajstić information content (AvgIpc) is 2.66. The van der Waals surface area contributed by atoms with E-state index in [1.807, 2.05) is 39.8 Å². The van der Waals surface area contributed by atoms with Gasteiger partial charge in [0, 0.05) is 29.3 Å². The van der Waals surface area contributed by atoms with Crippen LogP contribution in [0.4, 0.5) is 8.78 Å². The lowest BCUT2D eigenvalue weighted by Gasteiger charge is -2.17. The van der Waals surface area contributed by atoms with E-state index in [2.05, 4.69) is 10.3 Å². The molecule has 0 bridgehead atoms. The molecule has 1 aromatic carbocycles. The summed E-state index contributed by atoms with van der Waals surface area (Å²) in [5.41, 5.74) is 3.32. The van der Waals surface area contributed by atoms with Crippen molar-refractivity contribution in [3.63, 3.8) is 0 Å². The third kappa shape index (κ3) is 6.61. The summed E-state index contributed by atoms with van der Waals surface area (Å²) in [6.45, 7) is 8.43. The van der Waals surface area contributed by atoms with Crippen LogP contribution in [0.2, 0.25) is 0 Å². The maximum Gasteiger partial charge on any atom is 0.272 e. The number of halogens is 2. The fourth-order valence-electron chi connectivity index (χ4n) is 2.96. The predicted molar refractivity (Wildman–Crippen MR) is 111 cm³/mol. The maximum atomic E-state index is 12.7. The Hall–Kier alpha value is -2.83. The van der Waals surface area contributed by atoms with Gasteiger partial charge in [-0.3, -0.25) is 14.6 Å². The van der Waals surface area contributed by atoms with Crippen molar-refractivity contribution in [2.24, 2.45) is 5.92 Å². The van der Waals surface area contributed by atoms with E-state index in [0.29, 0.717) is 22.6 Å².